The molecule has 3 nitrogen and oxygen atoms in total. The van der Waals surface area contributed by atoms with Gasteiger partial charge in [0, 0.05) is 18.4 Å². The number of fused-ring (bicyclic) bond motifs is 1. The molecule has 0 saturated heterocycles. The van der Waals surface area contributed by atoms with Gasteiger partial charge in [-0.1, -0.05) is 85.2 Å². The van der Waals surface area contributed by atoms with Gasteiger partial charge in [-0.05, 0) is 69.9 Å². The molecule has 2 aromatic carbocycles. The van der Waals surface area contributed by atoms with Crippen LogP contribution in [0.15, 0.2) is 48.7 Å². The van der Waals surface area contributed by atoms with E-state index in [4.69, 9.17) is 0 Å². The number of nitrogens with zero attached hydrogens (tertiary/aromatic N) is 2. The first-order chi connectivity index (χ1) is 15.5. The molecule has 0 fully saturated rings. The van der Waals surface area contributed by atoms with Crippen molar-refractivity contribution >= 4 is 16.7 Å². The molecule has 1 N–H and O–H groups in total. The number of nitrogens with one attached hydrogen (secondary N) is 1. The molecule has 186 valence electrons. The van der Waals surface area contributed by atoms with Crippen LogP contribution in [0.25, 0.3) is 11.0 Å². The van der Waals surface area contributed by atoms with E-state index in [0.29, 0.717) is 0 Å². The minimum absolute atomic E-state index is 0.884. The Hall–Kier alpha value is -2.55. The average Bonchev–Trinajstić information content (AvgIpc) is 3.06. The van der Waals surface area contributed by atoms with Gasteiger partial charge in [0.05, 0.1) is 11.0 Å². The molecule has 0 aliphatic carbocycles. The van der Waals surface area contributed by atoms with Crippen molar-refractivity contribution in [2.24, 2.45) is 13.0 Å². The molecule has 0 aliphatic heterocycles. The van der Waals surface area contributed by atoms with Crippen molar-refractivity contribution in [1.82, 2.24) is 9.55 Å². The number of hydrogen-bond donors (Lipinski definition) is 1. The van der Waals surface area contributed by atoms with Gasteiger partial charge in [-0.2, -0.15) is 0 Å². The van der Waals surface area contributed by atoms with Crippen LogP contribution < -0.4 is 5.32 Å². The van der Waals surface area contributed by atoms with E-state index in [-0.39, 0.29) is 0 Å². The van der Waals surface area contributed by atoms with Gasteiger partial charge in [-0.25, -0.2) is 4.98 Å². The quantitative estimate of drug-likeness (QED) is 0.428. The fourth-order valence-electron chi connectivity index (χ4n) is 2.61. The van der Waals surface area contributed by atoms with Gasteiger partial charge >= 0.3 is 0 Å². The zero-order chi connectivity index (χ0) is 26.1. The Morgan fingerprint density at radius 3 is 1.88 bits per heavy atom. The van der Waals surface area contributed by atoms with Gasteiger partial charge in [0.2, 0.25) is 0 Å². The normalized spacial score (nSPS) is 9.27. The molecule has 0 spiro atoms. The molecule has 0 bridgehead atoms. The molecule has 3 rings (SSSR count). The zero-order valence-corrected chi connectivity index (χ0v) is 23.9. The standard InChI is InChI=1S/C11H15N.C10H12N2.C5H12.2C2H6/c1-8(2)12-11-6-5-9(3)7-10(11)4;1-7-4-5-10-9(6-7)11-8(2)12(10)3;1-4-5(2)3;2*1-2/h5-7,12H,1H2,2-4H3;4-6H,1-3H3;5H,4H2,1-3H3;2*1-2H3. The highest BCUT2D eigenvalue weighted by molar-refractivity contribution is 5.76. The summed E-state index contributed by atoms with van der Waals surface area (Å²) in [4.78, 5) is 4.44. The SMILES string of the molecule is C=C(C)Nc1ccc(C)cc1C.CC.CC.CCC(C)C.Cc1ccc2c(c1)nc(C)n2C. The number of anilines is 1. The van der Waals surface area contributed by atoms with Gasteiger partial charge in [0.1, 0.15) is 5.82 Å². The summed E-state index contributed by atoms with van der Waals surface area (Å²) in [5, 5.41) is 3.21. The van der Waals surface area contributed by atoms with Crippen LogP contribution in [0.3, 0.4) is 0 Å². The number of hydrogen-bond acceptors (Lipinski definition) is 2. The van der Waals surface area contributed by atoms with E-state index < -0.39 is 0 Å². The summed E-state index contributed by atoms with van der Waals surface area (Å²) < 4.78 is 2.11. The maximum atomic E-state index is 4.44. The molecule has 0 aliphatic rings. The minimum Gasteiger partial charge on any atom is -0.360 e. The Kier molecular flexibility index (Phi) is 17.7. The Morgan fingerprint density at radius 2 is 1.42 bits per heavy atom. The van der Waals surface area contributed by atoms with E-state index >= 15 is 0 Å². The zero-order valence-electron chi connectivity index (χ0n) is 23.9. The molecule has 3 aromatic rings. The second-order valence-corrected chi connectivity index (χ2v) is 8.24. The summed E-state index contributed by atoms with van der Waals surface area (Å²) in [6.45, 7) is 28.7. The molecule has 0 radical (unpaired) electrons. The van der Waals surface area contributed by atoms with E-state index in [1.54, 1.807) is 0 Å². The number of allylic oxidation sites excluding steroid dienone is 1. The third-order valence-corrected chi connectivity index (χ3v) is 4.81. The van der Waals surface area contributed by atoms with Crippen LogP contribution >= 0.6 is 0 Å². The predicted octanol–water partition coefficient (Wildman–Crippen LogP) is 9.54. The van der Waals surface area contributed by atoms with Crippen LogP contribution in [0.4, 0.5) is 5.69 Å². The third-order valence-electron chi connectivity index (χ3n) is 4.81. The van der Waals surface area contributed by atoms with Crippen LogP contribution in [-0.4, -0.2) is 9.55 Å². The summed E-state index contributed by atoms with van der Waals surface area (Å²) in [5.74, 6) is 1.95. The van der Waals surface area contributed by atoms with E-state index in [1.165, 1.54) is 28.6 Å². The molecule has 33 heavy (non-hydrogen) atoms. The number of rotatable bonds is 3. The molecule has 3 heteroatoms. The summed E-state index contributed by atoms with van der Waals surface area (Å²) >= 11 is 0. The molecule has 0 amide bonds. The van der Waals surface area contributed by atoms with Crippen LogP contribution in [-0.2, 0) is 7.05 Å². The van der Waals surface area contributed by atoms with E-state index in [2.05, 4.69) is 99.4 Å². The summed E-state index contributed by atoms with van der Waals surface area (Å²) in [5.41, 5.74) is 8.24. The van der Waals surface area contributed by atoms with Gasteiger partial charge in [0.25, 0.3) is 0 Å². The molecule has 0 unspecified atom stereocenters. The Labute approximate surface area is 205 Å². The van der Waals surface area contributed by atoms with Crippen molar-refractivity contribution in [2.75, 3.05) is 5.32 Å². The Balaban J connectivity index is 0. The summed E-state index contributed by atoms with van der Waals surface area (Å²) in [6, 6.07) is 12.7. The second kappa shape index (κ2) is 17.9. The number of imidazole rings is 1. The fraction of sp³-hybridized carbons (Fsp3) is 0.500. The van der Waals surface area contributed by atoms with Crippen LogP contribution in [0.2, 0.25) is 0 Å². The van der Waals surface area contributed by atoms with Gasteiger partial charge in [-0.3, -0.25) is 0 Å². The topological polar surface area (TPSA) is 29.9 Å². The largest absolute Gasteiger partial charge is 0.360 e. The highest BCUT2D eigenvalue weighted by Crippen LogP contribution is 2.17. The maximum absolute atomic E-state index is 4.44. The van der Waals surface area contributed by atoms with Gasteiger partial charge in [0.15, 0.2) is 0 Å². The first-order valence-electron chi connectivity index (χ1n) is 12.4. The molecular weight excluding hydrogens is 402 g/mol. The fourth-order valence-corrected chi connectivity index (χ4v) is 2.61. The first kappa shape index (κ1) is 32.6. The summed E-state index contributed by atoms with van der Waals surface area (Å²) in [6.07, 6.45) is 1.31. The number of aryl methyl sites for hydroxylation is 5. The smallest absolute Gasteiger partial charge is 0.106 e. The number of aromatic nitrogens is 2. The van der Waals surface area contributed by atoms with Crippen molar-refractivity contribution in [3.8, 4) is 0 Å². The molecule has 1 aromatic heterocycles. The molecule has 0 saturated carbocycles. The molecule has 0 atom stereocenters. The highest BCUT2D eigenvalue weighted by Gasteiger charge is 2.02. The third kappa shape index (κ3) is 12.9. The lowest BCUT2D eigenvalue weighted by molar-refractivity contribution is 0.626. The average molecular weight is 454 g/mol. The lowest BCUT2D eigenvalue weighted by Crippen LogP contribution is -1.95. The monoisotopic (exact) mass is 453 g/mol. The number of benzene rings is 2. The van der Waals surface area contributed by atoms with Crippen LogP contribution in [0.1, 0.15) is 84.3 Å². The Bertz CT molecular complexity index is 933. The highest BCUT2D eigenvalue weighted by atomic mass is 15.0. The first-order valence-corrected chi connectivity index (χ1v) is 12.4. The van der Waals surface area contributed by atoms with Crippen molar-refractivity contribution in [1.29, 1.82) is 0 Å². The molecular formula is C30H51N3. The van der Waals surface area contributed by atoms with Crippen LogP contribution in [0.5, 0.6) is 0 Å². The van der Waals surface area contributed by atoms with Crippen molar-refractivity contribution in [3.63, 3.8) is 0 Å². The lowest BCUT2D eigenvalue weighted by Gasteiger charge is -2.08. The second-order valence-electron chi connectivity index (χ2n) is 8.24. The van der Waals surface area contributed by atoms with Crippen molar-refractivity contribution in [2.45, 2.75) is 89.5 Å². The lowest BCUT2D eigenvalue weighted by atomic mass is 10.1. The summed E-state index contributed by atoms with van der Waals surface area (Å²) in [7, 11) is 2.04. The van der Waals surface area contributed by atoms with Gasteiger partial charge in [-0.15, -0.1) is 0 Å². The Morgan fingerprint density at radius 1 is 0.939 bits per heavy atom. The van der Waals surface area contributed by atoms with E-state index in [1.807, 2.05) is 48.6 Å². The minimum atomic E-state index is 0.884. The predicted molar refractivity (Wildman–Crippen MR) is 152 cm³/mol. The van der Waals surface area contributed by atoms with E-state index in [9.17, 15) is 0 Å². The maximum Gasteiger partial charge on any atom is 0.106 e. The van der Waals surface area contributed by atoms with Crippen LogP contribution in [0, 0.1) is 33.6 Å². The van der Waals surface area contributed by atoms with Crippen molar-refractivity contribution in [3.05, 3.63) is 71.2 Å². The van der Waals surface area contributed by atoms with Gasteiger partial charge < -0.3 is 9.88 Å². The van der Waals surface area contributed by atoms with E-state index in [0.717, 1.165) is 28.6 Å². The molecule has 1 heterocycles. The van der Waals surface area contributed by atoms with Crippen molar-refractivity contribution < 1.29 is 0 Å².